The molecular weight excluding hydrogens is 364 g/mol. The van der Waals surface area contributed by atoms with Crippen LogP contribution in [-0.2, 0) is 25.5 Å². The Bertz CT molecular complexity index is 848. The van der Waals surface area contributed by atoms with E-state index in [1.165, 1.54) is 14.0 Å². The van der Waals surface area contributed by atoms with E-state index in [0.29, 0.717) is 22.9 Å². The minimum atomic E-state index is -0.528. The van der Waals surface area contributed by atoms with Crippen molar-refractivity contribution in [3.8, 4) is 11.5 Å². The van der Waals surface area contributed by atoms with Crippen LogP contribution in [0.1, 0.15) is 12.5 Å². The first-order chi connectivity index (χ1) is 13.4. The van der Waals surface area contributed by atoms with Gasteiger partial charge in [-0.15, -0.1) is 0 Å². The third-order valence-electron chi connectivity index (χ3n) is 3.67. The molecule has 8 heteroatoms. The van der Waals surface area contributed by atoms with Crippen LogP contribution < -0.4 is 20.1 Å². The Morgan fingerprint density at radius 1 is 0.929 bits per heavy atom. The fourth-order valence-corrected chi connectivity index (χ4v) is 2.38. The molecule has 28 heavy (non-hydrogen) atoms. The van der Waals surface area contributed by atoms with Gasteiger partial charge in [0, 0.05) is 12.6 Å². The smallest absolute Gasteiger partial charge is 0.310 e. The summed E-state index contributed by atoms with van der Waals surface area (Å²) in [6.07, 6.45) is 0.0403. The van der Waals surface area contributed by atoms with Crippen LogP contribution in [0.3, 0.4) is 0 Å². The molecule has 0 heterocycles. The first-order valence-corrected chi connectivity index (χ1v) is 8.45. The van der Waals surface area contributed by atoms with E-state index in [-0.39, 0.29) is 12.3 Å². The summed E-state index contributed by atoms with van der Waals surface area (Å²) in [5.41, 5.74) is 1.60. The van der Waals surface area contributed by atoms with E-state index in [0.717, 1.165) is 5.56 Å². The van der Waals surface area contributed by atoms with Crippen molar-refractivity contribution >= 4 is 29.2 Å². The topological polar surface area (TPSA) is 103 Å². The molecule has 148 valence electrons. The summed E-state index contributed by atoms with van der Waals surface area (Å²) < 4.78 is 15.3. The van der Waals surface area contributed by atoms with Gasteiger partial charge in [-0.1, -0.05) is 12.1 Å². The number of hydrogen-bond acceptors (Lipinski definition) is 6. The van der Waals surface area contributed by atoms with E-state index in [4.69, 9.17) is 14.2 Å². The number of amides is 2. The molecule has 2 N–H and O–H groups in total. The Morgan fingerprint density at radius 2 is 1.64 bits per heavy atom. The fraction of sp³-hybridized carbons (Fsp3) is 0.250. The fourth-order valence-electron chi connectivity index (χ4n) is 2.38. The molecule has 8 nitrogen and oxygen atoms in total. The van der Waals surface area contributed by atoms with Gasteiger partial charge in [0.1, 0.15) is 11.5 Å². The zero-order valence-electron chi connectivity index (χ0n) is 15.9. The molecule has 0 fully saturated rings. The van der Waals surface area contributed by atoms with E-state index in [1.54, 1.807) is 49.6 Å². The van der Waals surface area contributed by atoms with E-state index < -0.39 is 18.5 Å². The number of carbonyl (C=O) groups excluding carboxylic acids is 3. The van der Waals surface area contributed by atoms with Crippen LogP contribution in [0, 0.1) is 0 Å². The summed E-state index contributed by atoms with van der Waals surface area (Å²) in [6, 6.07) is 11.8. The number of anilines is 2. The Morgan fingerprint density at radius 3 is 2.25 bits per heavy atom. The summed E-state index contributed by atoms with van der Waals surface area (Å²) >= 11 is 0. The summed E-state index contributed by atoms with van der Waals surface area (Å²) in [4.78, 5) is 35.2. The lowest BCUT2D eigenvalue weighted by Gasteiger charge is -2.12. The predicted octanol–water partition coefficient (Wildman–Crippen LogP) is 2.39. The molecule has 0 spiro atoms. The van der Waals surface area contributed by atoms with Gasteiger partial charge in [-0.3, -0.25) is 14.4 Å². The van der Waals surface area contributed by atoms with Crippen LogP contribution in [0.2, 0.25) is 0 Å². The number of rotatable bonds is 8. The lowest BCUT2D eigenvalue weighted by Crippen LogP contribution is -2.22. The van der Waals surface area contributed by atoms with Gasteiger partial charge in [0.15, 0.2) is 6.61 Å². The molecule has 0 saturated carbocycles. The molecule has 0 aliphatic carbocycles. The molecule has 0 bridgehead atoms. The second-order valence-electron chi connectivity index (χ2n) is 5.83. The van der Waals surface area contributed by atoms with Crippen molar-refractivity contribution in [3.63, 3.8) is 0 Å². The Balaban J connectivity index is 1.90. The largest absolute Gasteiger partial charge is 0.497 e. The van der Waals surface area contributed by atoms with Crippen molar-refractivity contribution in [2.45, 2.75) is 13.3 Å². The minimum Gasteiger partial charge on any atom is -0.497 e. The lowest BCUT2D eigenvalue weighted by atomic mass is 10.1. The van der Waals surface area contributed by atoms with Gasteiger partial charge < -0.3 is 24.8 Å². The molecule has 0 radical (unpaired) electrons. The first-order valence-electron chi connectivity index (χ1n) is 8.45. The summed E-state index contributed by atoms with van der Waals surface area (Å²) in [5.74, 6) is -0.200. The Hall–Kier alpha value is -3.55. The zero-order valence-corrected chi connectivity index (χ0v) is 15.9. The van der Waals surface area contributed by atoms with Gasteiger partial charge in [0.2, 0.25) is 5.91 Å². The lowest BCUT2D eigenvalue weighted by molar-refractivity contribution is -0.146. The molecule has 0 saturated heterocycles. The number of nitrogens with one attached hydrogen (secondary N) is 2. The average molecular weight is 386 g/mol. The highest BCUT2D eigenvalue weighted by atomic mass is 16.5. The van der Waals surface area contributed by atoms with Crippen LogP contribution in [-0.4, -0.2) is 38.6 Å². The highest BCUT2D eigenvalue weighted by Crippen LogP contribution is 2.27. The SMILES string of the molecule is COc1ccc(CC(=O)OCC(=O)Nc2cc(NC(C)=O)ccc2OC)cc1. The number of benzene rings is 2. The zero-order chi connectivity index (χ0) is 20.5. The van der Waals surface area contributed by atoms with Crippen LogP contribution in [0.4, 0.5) is 11.4 Å². The first kappa shape index (κ1) is 20.8. The van der Waals surface area contributed by atoms with Crippen molar-refractivity contribution in [1.82, 2.24) is 0 Å². The number of esters is 1. The summed E-state index contributed by atoms with van der Waals surface area (Å²) in [6.45, 7) is 0.938. The van der Waals surface area contributed by atoms with Crippen molar-refractivity contribution in [2.24, 2.45) is 0 Å². The molecule has 0 aliphatic heterocycles. The molecule has 0 atom stereocenters. The second-order valence-corrected chi connectivity index (χ2v) is 5.83. The van der Waals surface area contributed by atoms with Crippen LogP contribution in [0.25, 0.3) is 0 Å². The highest BCUT2D eigenvalue weighted by molar-refractivity contribution is 5.96. The molecular formula is C20H22N2O6. The Kier molecular flexibility index (Phi) is 7.38. The van der Waals surface area contributed by atoms with E-state index in [2.05, 4.69) is 10.6 Å². The van der Waals surface area contributed by atoms with E-state index in [1.807, 2.05) is 0 Å². The van der Waals surface area contributed by atoms with Gasteiger partial charge in [-0.05, 0) is 35.9 Å². The van der Waals surface area contributed by atoms with Crippen LogP contribution >= 0.6 is 0 Å². The highest BCUT2D eigenvalue weighted by Gasteiger charge is 2.12. The van der Waals surface area contributed by atoms with Crippen molar-refractivity contribution < 1.29 is 28.6 Å². The van der Waals surface area contributed by atoms with Gasteiger partial charge >= 0.3 is 5.97 Å². The Labute approximate surface area is 162 Å². The summed E-state index contributed by atoms with van der Waals surface area (Å²) in [7, 11) is 3.01. The number of carbonyl (C=O) groups is 3. The third kappa shape index (κ3) is 6.31. The molecule has 0 unspecified atom stereocenters. The molecule has 0 aromatic heterocycles. The van der Waals surface area contributed by atoms with Gasteiger partial charge in [0.05, 0.1) is 26.3 Å². The standard InChI is InChI=1S/C20H22N2O6/c1-13(23)21-15-6-9-18(27-3)17(11-15)22-19(24)12-28-20(25)10-14-4-7-16(26-2)8-5-14/h4-9,11H,10,12H2,1-3H3,(H,21,23)(H,22,24). The molecule has 2 amide bonds. The number of methoxy groups -OCH3 is 2. The number of hydrogen-bond donors (Lipinski definition) is 2. The average Bonchev–Trinajstić information content (AvgIpc) is 2.67. The van der Waals surface area contributed by atoms with Crippen molar-refractivity contribution in [2.75, 3.05) is 31.5 Å². The second kappa shape index (κ2) is 9.96. The van der Waals surface area contributed by atoms with Crippen LogP contribution in [0.15, 0.2) is 42.5 Å². The maximum Gasteiger partial charge on any atom is 0.310 e. The maximum atomic E-state index is 12.1. The van der Waals surface area contributed by atoms with Crippen molar-refractivity contribution in [1.29, 1.82) is 0 Å². The molecule has 2 aromatic rings. The van der Waals surface area contributed by atoms with Gasteiger partial charge in [-0.25, -0.2) is 0 Å². The minimum absolute atomic E-state index is 0.0403. The van der Waals surface area contributed by atoms with E-state index in [9.17, 15) is 14.4 Å². The van der Waals surface area contributed by atoms with Gasteiger partial charge in [0.25, 0.3) is 5.91 Å². The molecule has 2 aromatic carbocycles. The normalized spacial score (nSPS) is 9.96. The monoisotopic (exact) mass is 386 g/mol. The third-order valence-corrected chi connectivity index (χ3v) is 3.67. The number of ether oxygens (including phenoxy) is 3. The maximum absolute atomic E-state index is 12.1. The van der Waals surface area contributed by atoms with Crippen molar-refractivity contribution in [3.05, 3.63) is 48.0 Å². The van der Waals surface area contributed by atoms with E-state index >= 15 is 0 Å². The van der Waals surface area contributed by atoms with Gasteiger partial charge in [-0.2, -0.15) is 0 Å². The molecule has 0 aliphatic rings. The summed E-state index contributed by atoms with van der Waals surface area (Å²) in [5, 5.41) is 5.22. The predicted molar refractivity (Wildman–Crippen MR) is 104 cm³/mol. The molecule has 2 rings (SSSR count). The van der Waals surface area contributed by atoms with Crippen LogP contribution in [0.5, 0.6) is 11.5 Å². The quantitative estimate of drug-likeness (QED) is 0.676.